The molecule has 134 valence electrons. The van der Waals surface area contributed by atoms with Crippen LogP contribution >= 0.6 is 23.2 Å². The van der Waals surface area contributed by atoms with Crippen LogP contribution < -0.4 is 4.90 Å². The first-order valence-corrected chi connectivity index (χ1v) is 9.00. The molecule has 1 saturated heterocycles. The maximum atomic E-state index is 12.6. The monoisotopic (exact) mass is 390 g/mol. The van der Waals surface area contributed by atoms with Crippen molar-refractivity contribution in [3.05, 3.63) is 52.3 Å². The van der Waals surface area contributed by atoms with Gasteiger partial charge in [-0.1, -0.05) is 35.3 Å². The molecule has 0 radical (unpaired) electrons. The van der Waals surface area contributed by atoms with Crippen LogP contribution in [0.5, 0.6) is 0 Å². The first kappa shape index (κ1) is 17.1. The topological polar surface area (TPSA) is 66.6 Å². The second-order valence-electron chi connectivity index (χ2n) is 6.08. The number of fused-ring (bicyclic) bond motifs is 1. The number of nitrogens with zero attached hydrogens (tertiary/aromatic N) is 6. The number of hydrogen-bond donors (Lipinski definition) is 0. The Kier molecular flexibility index (Phi) is 4.65. The van der Waals surface area contributed by atoms with Gasteiger partial charge < -0.3 is 9.80 Å². The summed E-state index contributed by atoms with van der Waals surface area (Å²) < 4.78 is 1.65. The molecule has 1 fully saturated rings. The van der Waals surface area contributed by atoms with Crippen LogP contribution in [0, 0.1) is 0 Å². The SMILES string of the molecule is O=C(Cc1cccc(Cl)c1Cl)N1CCN(c2ccc3nncn3n2)CC1. The Labute approximate surface area is 160 Å². The summed E-state index contributed by atoms with van der Waals surface area (Å²) in [5, 5.41) is 13.2. The molecule has 0 saturated carbocycles. The third-order valence-electron chi connectivity index (χ3n) is 4.48. The van der Waals surface area contributed by atoms with Crippen LogP contribution in [0.25, 0.3) is 5.65 Å². The molecule has 0 bridgehead atoms. The van der Waals surface area contributed by atoms with Gasteiger partial charge in [0, 0.05) is 26.2 Å². The normalized spacial score (nSPS) is 14.8. The fourth-order valence-electron chi connectivity index (χ4n) is 3.03. The quantitative estimate of drug-likeness (QED) is 0.686. The molecule has 1 aromatic carbocycles. The van der Waals surface area contributed by atoms with E-state index in [1.807, 2.05) is 29.2 Å². The number of benzene rings is 1. The van der Waals surface area contributed by atoms with Gasteiger partial charge in [0.25, 0.3) is 0 Å². The molecule has 3 heterocycles. The molecule has 7 nitrogen and oxygen atoms in total. The minimum absolute atomic E-state index is 0.0519. The smallest absolute Gasteiger partial charge is 0.227 e. The summed E-state index contributed by atoms with van der Waals surface area (Å²) in [5.41, 5.74) is 1.47. The Hall–Kier alpha value is -2.38. The van der Waals surface area contributed by atoms with Gasteiger partial charge in [-0.05, 0) is 23.8 Å². The Morgan fingerprint density at radius 3 is 2.69 bits per heavy atom. The predicted octanol–water partition coefficient (Wildman–Crippen LogP) is 2.32. The summed E-state index contributed by atoms with van der Waals surface area (Å²) in [6.45, 7) is 2.71. The maximum absolute atomic E-state index is 12.6. The Balaban J connectivity index is 1.39. The molecule has 2 aromatic heterocycles. The van der Waals surface area contributed by atoms with Crippen molar-refractivity contribution in [2.45, 2.75) is 6.42 Å². The average molecular weight is 391 g/mol. The molecule has 1 aliphatic heterocycles. The van der Waals surface area contributed by atoms with Gasteiger partial charge in [-0.2, -0.15) is 4.52 Å². The van der Waals surface area contributed by atoms with Gasteiger partial charge in [0.05, 0.1) is 16.5 Å². The minimum atomic E-state index is 0.0519. The van der Waals surface area contributed by atoms with Gasteiger partial charge >= 0.3 is 0 Å². The van der Waals surface area contributed by atoms with Crippen molar-refractivity contribution in [3.8, 4) is 0 Å². The van der Waals surface area contributed by atoms with Crippen molar-refractivity contribution in [1.29, 1.82) is 0 Å². The van der Waals surface area contributed by atoms with Crippen LogP contribution in [0.4, 0.5) is 5.82 Å². The van der Waals surface area contributed by atoms with Crippen LogP contribution in [0.15, 0.2) is 36.7 Å². The maximum Gasteiger partial charge on any atom is 0.227 e. The summed E-state index contributed by atoms with van der Waals surface area (Å²) in [6, 6.07) is 9.17. The van der Waals surface area contributed by atoms with E-state index in [9.17, 15) is 4.79 Å². The first-order chi connectivity index (χ1) is 12.6. The number of carbonyl (C=O) groups excluding carboxylic acids is 1. The second-order valence-corrected chi connectivity index (χ2v) is 6.87. The largest absolute Gasteiger partial charge is 0.352 e. The highest BCUT2D eigenvalue weighted by atomic mass is 35.5. The van der Waals surface area contributed by atoms with Gasteiger partial charge in [-0.3, -0.25) is 4.79 Å². The average Bonchev–Trinajstić information content (AvgIpc) is 3.13. The molecule has 1 aliphatic rings. The van der Waals surface area contributed by atoms with E-state index in [0.717, 1.165) is 24.5 Å². The van der Waals surface area contributed by atoms with Crippen molar-refractivity contribution in [2.75, 3.05) is 31.1 Å². The highest BCUT2D eigenvalue weighted by Crippen LogP contribution is 2.26. The summed E-state index contributed by atoms with van der Waals surface area (Å²) in [5.74, 6) is 0.901. The summed E-state index contributed by atoms with van der Waals surface area (Å²) in [6.07, 6.45) is 1.83. The van der Waals surface area contributed by atoms with E-state index in [1.54, 1.807) is 16.9 Å². The molecule has 0 atom stereocenters. The lowest BCUT2D eigenvalue weighted by Gasteiger charge is -2.35. The van der Waals surface area contributed by atoms with Gasteiger partial charge in [-0.25, -0.2) is 0 Å². The van der Waals surface area contributed by atoms with E-state index < -0.39 is 0 Å². The minimum Gasteiger partial charge on any atom is -0.352 e. The lowest BCUT2D eigenvalue weighted by Crippen LogP contribution is -2.49. The molecular weight excluding hydrogens is 375 g/mol. The van der Waals surface area contributed by atoms with E-state index >= 15 is 0 Å². The highest BCUT2D eigenvalue weighted by Gasteiger charge is 2.23. The molecule has 26 heavy (non-hydrogen) atoms. The second kappa shape index (κ2) is 7.09. The number of hydrogen-bond acceptors (Lipinski definition) is 5. The molecule has 3 aromatic rings. The van der Waals surface area contributed by atoms with E-state index in [0.29, 0.717) is 28.8 Å². The summed E-state index contributed by atoms with van der Waals surface area (Å²) >= 11 is 12.2. The first-order valence-electron chi connectivity index (χ1n) is 8.24. The lowest BCUT2D eigenvalue weighted by atomic mass is 10.1. The summed E-state index contributed by atoms with van der Waals surface area (Å²) in [4.78, 5) is 16.6. The standard InChI is InChI=1S/C17H16Cl2N6O/c18-13-3-1-2-12(17(13)19)10-16(26)24-8-6-23(7-9-24)15-5-4-14-21-20-11-25(14)22-15/h1-5,11H,6-10H2. The zero-order valence-electron chi connectivity index (χ0n) is 13.8. The molecule has 0 unspecified atom stereocenters. The highest BCUT2D eigenvalue weighted by molar-refractivity contribution is 6.42. The molecule has 4 rings (SSSR count). The molecule has 0 aliphatic carbocycles. The third kappa shape index (κ3) is 3.32. The predicted molar refractivity (Wildman–Crippen MR) is 99.7 cm³/mol. The molecule has 9 heteroatoms. The van der Waals surface area contributed by atoms with Crippen LogP contribution in [-0.2, 0) is 11.2 Å². The number of rotatable bonds is 3. The fourth-order valence-corrected chi connectivity index (χ4v) is 3.42. The number of carbonyl (C=O) groups is 1. The van der Waals surface area contributed by atoms with Crippen LogP contribution in [0.3, 0.4) is 0 Å². The van der Waals surface area contributed by atoms with Crippen LogP contribution in [0.2, 0.25) is 10.0 Å². The number of halogens is 2. The summed E-state index contributed by atoms with van der Waals surface area (Å²) in [7, 11) is 0. The molecule has 0 spiro atoms. The van der Waals surface area contributed by atoms with Crippen molar-refractivity contribution < 1.29 is 4.79 Å². The van der Waals surface area contributed by atoms with E-state index in [1.165, 1.54) is 0 Å². The molecule has 1 amide bonds. The lowest BCUT2D eigenvalue weighted by molar-refractivity contribution is -0.130. The van der Waals surface area contributed by atoms with E-state index in [4.69, 9.17) is 23.2 Å². The number of anilines is 1. The number of aromatic nitrogens is 4. The van der Waals surface area contributed by atoms with Gasteiger partial charge in [-0.15, -0.1) is 15.3 Å². The van der Waals surface area contributed by atoms with Gasteiger partial charge in [0.1, 0.15) is 12.1 Å². The van der Waals surface area contributed by atoms with Gasteiger partial charge in [0.15, 0.2) is 5.65 Å². The third-order valence-corrected chi connectivity index (χ3v) is 5.34. The van der Waals surface area contributed by atoms with E-state index in [2.05, 4.69) is 20.2 Å². The van der Waals surface area contributed by atoms with Crippen LogP contribution in [-0.4, -0.2) is 56.8 Å². The fraction of sp³-hybridized carbons (Fsp3) is 0.294. The number of piperazine rings is 1. The Morgan fingerprint density at radius 2 is 1.88 bits per heavy atom. The van der Waals surface area contributed by atoms with Crippen molar-refractivity contribution in [2.24, 2.45) is 0 Å². The Bertz CT molecular complexity index is 951. The Morgan fingerprint density at radius 1 is 1.08 bits per heavy atom. The molecule has 0 N–H and O–H groups in total. The van der Waals surface area contributed by atoms with Crippen molar-refractivity contribution >= 4 is 40.6 Å². The number of amides is 1. The zero-order chi connectivity index (χ0) is 18.1. The van der Waals surface area contributed by atoms with Crippen molar-refractivity contribution in [3.63, 3.8) is 0 Å². The van der Waals surface area contributed by atoms with Crippen LogP contribution in [0.1, 0.15) is 5.56 Å². The van der Waals surface area contributed by atoms with E-state index in [-0.39, 0.29) is 12.3 Å². The zero-order valence-corrected chi connectivity index (χ0v) is 15.4. The molecular formula is C17H16Cl2N6O. The van der Waals surface area contributed by atoms with Crippen molar-refractivity contribution in [1.82, 2.24) is 24.7 Å². The van der Waals surface area contributed by atoms with Gasteiger partial charge in [0.2, 0.25) is 5.91 Å².